The molecule has 0 spiro atoms. The van der Waals surface area contributed by atoms with Gasteiger partial charge in [0.1, 0.15) is 0 Å². The molecule has 2 atom stereocenters. The van der Waals surface area contributed by atoms with Crippen molar-refractivity contribution in [3.05, 3.63) is 0 Å². The van der Waals surface area contributed by atoms with E-state index in [0.29, 0.717) is 6.54 Å². The summed E-state index contributed by atoms with van der Waals surface area (Å²) in [5.41, 5.74) is 0. The molecule has 1 fully saturated rings. The van der Waals surface area contributed by atoms with Crippen molar-refractivity contribution in [3.63, 3.8) is 0 Å². The van der Waals surface area contributed by atoms with E-state index >= 15 is 0 Å². The van der Waals surface area contributed by atoms with Crippen molar-refractivity contribution in [1.29, 1.82) is 0 Å². The third-order valence-electron chi connectivity index (χ3n) is 2.35. The second-order valence-electron chi connectivity index (χ2n) is 3.35. The van der Waals surface area contributed by atoms with E-state index in [0.717, 1.165) is 12.8 Å². The van der Waals surface area contributed by atoms with E-state index in [1.165, 1.54) is 6.92 Å². The minimum absolute atomic E-state index is 0.0918. The number of methoxy groups -OCH3 is 2. The zero-order valence-electron chi connectivity index (χ0n) is 8.83. The highest BCUT2D eigenvalue weighted by molar-refractivity contribution is 5.72. The van der Waals surface area contributed by atoms with E-state index < -0.39 is 5.79 Å². The molecule has 0 radical (unpaired) electrons. The Hall–Kier alpha value is -0.650. The molecular weight excluding hydrogens is 186 g/mol. The molecule has 5 nitrogen and oxygen atoms in total. The molecule has 82 valence electrons. The van der Waals surface area contributed by atoms with Crippen molar-refractivity contribution in [2.45, 2.75) is 31.8 Å². The first-order valence-corrected chi connectivity index (χ1v) is 4.62. The lowest BCUT2D eigenvalue weighted by Crippen LogP contribution is -2.44. The van der Waals surface area contributed by atoms with Crippen molar-refractivity contribution in [2.24, 2.45) is 0 Å². The summed E-state index contributed by atoms with van der Waals surface area (Å²) in [7, 11) is 3.16. The van der Waals surface area contributed by atoms with Gasteiger partial charge in [-0.3, -0.25) is 4.79 Å². The van der Waals surface area contributed by atoms with Crippen molar-refractivity contribution in [1.82, 2.24) is 5.32 Å². The van der Waals surface area contributed by atoms with Crippen molar-refractivity contribution in [2.75, 3.05) is 20.8 Å². The molecule has 14 heavy (non-hydrogen) atoms. The summed E-state index contributed by atoms with van der Waals surface area (Å²) in [5, 5.41) is 2.68. The second kappa shape index (κ2) is 4.72. The largest absolute Gasteiger partial charge is 0.356 e. The first kappa shape index (κ1) is 11.4. The average molecular weight is 203 g/mol. The van der Waals surface area contributed by atoms with Gasteiger partial charge in [0.25, 0.3) is 0 Å². The van der Waals surface area contributed by atoms with Crippen LogP contribution in [0.25, 0.3) is 0 Å². The van der Waals surface area contributed by atoms with Crippen LogP contribution in [0.3, 0.4) is 0 Å². The lowest BCUT2D eigenvalue weighted by atomic mass is 10.2. The molecule has 1 heterocycles. The number of amides is 1. The van der Waals surface area contributed by atoms with Gasteiger partial charge in [0.2, 0.25) is 5.91 Å². The van der Waals surface area contributed by atoms with Crippen molar-refractivity contribution < 1.29 is 19.0 Å². The third-order valence-corrected chi connectivity index (χ3v) is 2.35. The molecule has 1 aliphatic heterocycles. The summed E-state index contributed by atoms with van der Waals surface area (Å²) in [6, 6.07) is 0. The van der Waals surface area contributed by atoms with Gasteiger partial charge in [-0.05, 0) is 0 Å². The van der Waals surface area contributed by atoms with Crippen LogP contribution >= 0.6 is 0 Å². The Morgan fingerprint density at radius 2 is 2.36 bits per heavy atom. The van der Waals surface area contributed by atoms with E-state index in [4.69, 9.17) is 14.2 Å². The molecule has 0 aromatic carbocycles. The topological polar surface area (TPSA) is 56.8 Å². The standard InChI is InChI=1S/C9H17NO4/c1-7(11)10-6-9(13-3)5-4-8(12-2)14-9/h8H,4-6H2,1-3H3,(H,10,11)/t8-,9-/m1/s1. The van der Waals surface area contributed by atoms with Crippen LogP contribution in [0.4, 0.5) is 0 Å². The molecule has 0 aromatic rings. The fraction of sp³-hybridized carbons (Fsp3) is 0.889. The van der Waals surface area contributed by atoms with Gasteiger partial charge in [0, 0.05) is 34.0 Å². The quantitative estimate of drug-likeness (QED) is 0.711. The normalized spacial score (nSPS) is 31.8. The van der Waals surface area contributed by atoms with Gasteiger partial charge in [-0.1, -0.05) is 0 Å². The molecule has 0 unspecified atom stereocenters. The lowest BCUT2D eigenvalue weighted by molar-refractivity contribution is -0.252. The summed E-state index contributed by atoms with van der Waals surface area (Å²) in [4.78, 5) is 10.8. The summed E-state index contributed by atoms with van der Waals surface area (Å²) in [5.74, 6) is -0.808. The summed E-state index contributed by atoms with van der Waals surface area (Å²) in [6.07, 6.45) is 1.27. The molecule has 0 bridgehead atoms. The van der Waals surface area contributed by atoms with Gasteiger partial charge in [-0.25, -0.2) is 0 Å². The number of nitrogens with one attached hydrogen (secondary N) is 1. The molecule has 1 aliphatic rings. The van der Waals surface area contributed by atoms with Crippen LogP contribution in [0.15, 0.2) is 0 Å². The predicted molar refractivity (Wildman–Crippen MR) is 49.5 cm³/mol. The first-order valence-electron chi connectivity index (χ1n) is 4.62. The van der Waals surface area contributed by atoms with Gasteiger partial charge in [-0.15, -0.1) is 0 Å². The maximum absolute atomic E-state index is 10.8. The Bertz CT molecular complexity index is 209. The van der Waals surface area contributed by atoms with Crippen molar-refractivity contribution >= 4 is 5.91 Å². The predicted octanol–water partition coefficient (Wildman–Crippen LogP) is 0.248. The third kappa shape index (κ3) is 2.67. The molecule has 5 heteroatoms. The number of hydrogen-bond acceptors (Lipinski definition) is 4. The van der Waals surface area contributed by atoms with E-state index in [-0.39, 0.29) is 12.2 Å². The summed E-state index contributed by atoms with van der Waals surface area (Å²) in [6.45, 7) is 1.82. The van der Waals surface area contributed by atoms with Gasteiger partial charge in [-0.2, -0.15) is 0 Å². The van der Waals surface area contributed by atoms with Gasteiger partial charge in [0.15, 0.2) is 12.1 Å². The van der Waals surface area contributed by atoms with E-state index in [2.05, 4.69) is 5.32 Å². The Morgan fingerprint density at radius 3 is 2.79 bits per heavy atom. The highest BCUT2D eigenvalue weighted by Crippen LogP contribution is 2.30. The smallest absolute Gasteiger partial charge is 0.217 e. The Kier molecular flexibility index (Phi) is 3.86. The van der Waals surface area contributed by atoms with Crippen LogP contribution < -0.4 is 5.32 Å². The van der Waals surface area contributed by atoms with Crippen LogP contribution in [-0.4, -0.2) is 38.7 Å². The van der Waals surface area contributed by atoms with Crippen LogP contribution in [-0.2, 0) is 19.0 Å². The molecule has 0 aliphatic carbocycles. The number of hydrogen-bond donors (Lipinski definition) is 1. The molecule has 0 aromatic heterocycles. The number of carbonyl (C=O) groups excluding carboxylic acids is 1. The maximum atomic E-state index is 10.8. The molecule has 0 saturated carbocycles. The van der Waals surface area contributed by atoms with Crippen LogP contribution in [0.2, 0.25) is 0 Å². The Balaban J connectivity index is 2.47. The minimum Gasteiger partial charge on any atom is -0.356 e. The van der Waals surface area contributed by atoms with Gasteiger partial charge < -0.3 is 19.5 Å². The van der Waals surface area contributed by atoms with Crippen LogP contribution in [0.5, 0.6) is 0 Å². The van der Waals surface area contributed by atoms with E-state index in [9.17, 15) is 4.79 Å². The highest BCUT2D eigenvalue weighted by Gasteiger charge is 2.40. The Labute approximate surface area is 83.7 Å². The highest BCUT2D eigenvalue weighted by atomic mass is 16.8. The molecule has 1 rings (SSSR count). The zero-order chi connectivity index (χ0) is 10.6. The number of ether oxygens (including phenoxy) is 3. The van der Waals surface area contributed by atoms with Crippen molar-refractivity contribution in [3.8, 4) is 0 Å². The van der Waals surface area contributed by atoms with Crippen LogP contribution in [0, 0.1) is 0 Å². The number of carbonyl (C=O) groups is 1. The fourth-order valence-electron chi connectivity index (χ4n) is 1.47. The van der Waals surface area contributed by atoms with E-state index in [1.807, 2.05) is 0 Å². The average Bonchev–Trinajstić information content (AvgIpc) is 2.59. The molecular formula is C9H17NO4. The summed E-state index contributed by atoms with van der Waals surface area (Å²) >= 11 is 0. The molecule has 1 saturated heterocycles. The monoisotopic (exact) mass is 203 g/mol. The number of rotatable bonds is 4. The SMILES string of the molecule is CO[C@H]1CC[C@@](CNC(C)=O)(OC)O1. The van der Waals surface area contributed by atoms with E-state index in [1.54, 1.807) is 14.2 Å². The van der Waals surface area contributed by atoms with Gasteiger partial charge in [0.05, 0.1) is 6.54 Å². The minimum atomic E-state index is -0.716. The second-order valence-corrected chi connectivity index (χ2v) is 3.35. The lowest BCUT2D eigenvalue weighted by Gasteiger charge is -2.27. The fourth-order valence-corrected chi connectivity index (χ4v) is 1.47. The molecule has 1 N–H and O–H groups in total. The first-order chi connectivity index (χ1) is 6.62. The van der Waals surface area contributed by atoms with Gasteiger partial charge >= 0.3 is 0 Å². The van der Waals surface area contributed by atoms with Crippen LogP contribution in [0.1, 0.15) is 19.8 Å². The molecule has 1 amide bonds. The summed E-state index contributed by atoms with van der Waals surface area (Å²) < 4.78 is 15.9. The Morgan fingerprint density at radius 1 is 1.64 bits per heavy atom. The zero-order valence-corrected chi connectivity index (χ0v) is 8.83. The maximum Gasteiger partial charge on any atom is 0.217 e.